The molecule has 0 aromatic rings. The van der Waals surface area contributed by atoms with E-state index in [1.54, 1.807) is 6.92 Å². The third kappa shape index (κ3) is 1.99. The molecule has 0 aliphatic carbocycles. The summed E-state index contributed by atoms with van der Waals surface area (Å²) >= 11 is 0. The minimum absolute atomic E-state index is 0.441. The van der Waals surface area contributed by atoms with Crippen LogP contribution in [0.15, 0.2) is 0 Å². The number of carbonyl (C=O) groups excluding carboxylic acids is 1. The Hall–Kier alpha value is -0.650. The molecule has 1 saturated heterocycles. The summed E-state index contributed by atoms with van der Waals surface area (Å²) < 4.78 is 4.87. The summed E-state index contributed by atoms with van der Waals surface area (Å²) in [6.07, 6.45) is -4.51. The quantitative estimate of drug-likeness (QED) is 0.482. The number of aliphatic hydroxyl groups is 2. The third-order valence-corrected chi connectivity index (χ3v) is 1.91. The molecule has 0 bridgehead atoms. The molecular formula is C8H13NO4. The standard InChI is InChI=1S/C8H13NO4/c1-3-9-8(12)7-6(11)5(10)4(2)13-7/h2,4-7,10-11H,3H2,1H3,(H,9,12)/t4-,5?,6+,7-/m0/s1. The van der Waals surface area contributed by atoms with Gasteiger partial charge in [-0.25, -0.2) is 0 Å². The lowest BCUT2D eigenvalue weighted by Gasteiger charge is -2.13. The van der Waals surface area contributed by atoms with Crippen LogP contribution in [-0.2, 0) is 9.53 Å². The van der Waals surface area contributed by atoms with Crippen molar-refractivity contribution in [2.45, 2.75) is 31.3 Å². The molecule has 13 heavy (non-hydrogen) atoms. The van der Waals surface area contributed by atoms with Gasteiger partial charge in [0.05, 0.1) is 6.10 Å². The van der Waals surface area contributed by atoms with Gasteiger partial charge in [0.2, 0.25) is 0 Å². The first kappa shape index (κ1) is 10.4. The maximum Gasteiger partial charge on any atom is 0.251 e. The molecule has 5 heteroatoms. The van der Waals surface area contributed by atoms with Crippen LogP contribution in [0.25, 0.3) is 0 Å². The second-order valence-electron chi connectivity index (χ2n) is 2.90. The highest BCUT2D eigenvalue weighted by Crippen LogP contribution is 2.20. The molecule has 1 amide bonds. The highest BCUT2D eigenvalue weighted by atomic mass is 16.5. The summed E-state index contributed by atoms with van der Waals surface area (Å²) in [5, 5.41) is 21.0. The van der Waals surface area contributed by atoms with Gasteiger partial charge in [-0.1, -0.05) is 0 Å². The number of amides is 1. The van der Waals surface area contributed by atoms with Gasteiger partial charge in [-0.05, 0) is 13.8 Å². The van der Waals surface area contributed by atoms with Crippen LogP contribution in [0, 0.1) is 6.92 Å². The number of carbonyl (C=O) groups is 1. The fraction of sp³-hybridized carbons (Fsp3) is 0.750. The van der Waals surface area contributed by atoms with Gasteiger partial charge < -0.3 is 20.3 Å². The van der Waals surface area contributed by atoms with Crippen LogP contribution in [-0.4, -0.2) is 47.1 Å². The van der Waals surface area contributed by atoms with E-state index in [2.05, 4.69) is 5.32 Å². The van der Waals surface area contributed by atoms with Crippen molar-refractivity contribution in [1.29, 1.82) is 0 Å². The van der Waals surface area contributed by atoms with Crippen LogP contribution in [0.5, 0.6) is 0 Å². The normalized spacial score (nSPS) is 39.1. The molecule has 1 aliphatic heterocycles. The van der Waals surface area contributed by atoms with Gasteiger partial charge >= 0.3 is 0 Å². The molecule has 0 aromatic heterocycles. The van der Waals surface area contributed by atoms with Crippen molar-refractivity contribution >= 4 is 5.91 Å². The fourth-order valence-corrected chi connectivity index (χ4v) is 1.20. The van der Waals surface area contributed by atoms with Crippen LogP contribution < -0.4 is 5.32 Å². The first-order valence-corrected chi connectivity index (χ1v) is 4.12. The van der Waals surface area contributed by atoms with Crippen molar-refractivity contribution in [2.75, 3.05) is 6.54 Å². The zero-order chi connectivity index (χ0) is 10.0. The van der Waals surface area contributed by atoms with Crippen molar-refractivity contribution in [3.63, 3.8) is 0 Å². The zero-order valence-corrected chi connectivity index (χ0v) is 7.30. The number of likely N-dealkylation sites (N-methyl/N-ethyl adjacent to an activating group) is 1. The summed E-state index contributed by atoms with van der Waals surface area (Å²) in [7, 11) is 0. The SMILES string of the molecule is [CH][C@@H]1O[C@H](C(=O)NCC)[C@H](O)C1O. The number of rotatable bonds is 2. The molecule has 4 atom stereocenters. The summed E-state index contributed by atoms with van der Waals surface area (Å²) in [5.74, 6) is -0.456. The van der Waals surface area contributed by atoms with E-state index in [1.165, 1.54) is 0 Å². The van der Waals surface area contributed by atoms with E-state index in [-0.39, 0.29) is 0 Å². The van der Waals surface area contributed by atoms with Crippen LogP contribution in [0.4, 0.5) is 0 Å². The van der Waals surface area contributed by atoms with E-state index in [9.17, 15) is 15.0 Å². The number of nitrogens with one attached hydrogen (secondary N) is 1. The molecule has 0 spiro atoms. The van der Waals surface area contributed by atoms with Gasteiger partial charge in [-0.3, -0.25) is 4.79 Å². The lowest BCUT2D eigenvalue weighted by atomic mass is 10.1. The van der Waals surface area contributed by atoms with Crippen molar-refractivity contribution < 1.29 is 19.7 Å². The van der Waals surface area contributed by atoms with Gasteiger partial charge in [0, 0.05) is 6.54 Å². The lowest BCUT2D eigenvalue weighted by Crippen LogP contribution is -2.42. The van der Waals surface area contributed by atoms with E-state index >= 15 is 0 Å². The van der Waals surface area contributed by atoms with Crippen molar-refractivity contribution in [3.8, 4) is 0 Å². The first-order chi connectivity index (χ1) is 6.07. The molecule has 1 rings (SSSR count). The Bertz CT molecular complexity index is 197. The molecule has 74 valence electrons. The summed E-state index contributed by atoms with van der Waals surface area (Å²) in [5.41, 5.74) is 0. The monoisotopic (exact) mass is 187 g/mol. The van der Waals surface area contributed by atoms with E-state index in [4.69, 9.17) is 11.7 Å². The van der Waals surface area contributed by atoms with Crippen molar-refractivity contribution in [2.24, 2.45) is 0 Å². The Balaban J connectivity index is 2.57. The van der Waals surface area contributed by atoms with E-state index < -0.39 is 30.3 Å². The Morgan fingerprint density at radius 1 is 1.54 bits per heavy atom. The number of ether oxygens (including phenoxy) is 1. The predicted octanol–water partition coefficient (Wildman–Crippen LogP) is -1.68. The second-order valence-corrected chi connectivity index (χ2v) is 2.90. The van der Waals surface area contributed by atoms with Gasteiger partial charge in [0.15, 0.2) is 6.10 Å². The van der Waals surface area contributed by atoms with Gasteiger partial charge in [0.25, 0.3) is 5.91 Å². The Morgan fingerprint density at radius 3 is 2.54 bits per heavy atom. The maximum atomic E-state index is 11.2. The molecule has 0 saturated carbocycles. The van der Waals surface area contributed by atoms with Gasteiger partial charge in [0.1, 0.15) is 12.2 Å². The molecule has 1 unspecified atom stereocenters. The molecule has 3 N–H and O–H groups in total. The predicted molar refractivity (Wildman–Crippen MR) is 43.7 cm³/mol. The summed E-state index contributed by atoms with van der Waals surface area (Å²) in [4.78, 5) is 11.2. The third-order valence-electron chi connectivity index (χ3n) is 1.91. The van der Waals surface area contributed by atoms with Gasteiger partial charge in [-0.15, -0.1) is 0 Å². The van der Waals surface area contributed by atoms with Crippen LogP contribution in [0.2, 0.25) is 0 Å². The van der Waals surface area contributed by atoms with E-state index in [1.807, 2.05) is 0 Å². The Morgan fingerprint density at radius 2 is 2.15 bits per heavy atom. The summed E-state index contributed by atoms with van der Waals surface area (Å²) in [6, 6.07) is 0. The zero-order valence-electron chi connectivity index (χ0n) is 7.30. The highest BCUT2D eigenvalue weighted by Gasteiger charge is 2.44. The maximum absolute atomic E-state index is 11.2. The van der Waals surface area contributed by atoms with E-state index in [0.29, 0.717) is 6.54 Å². The topological polar surface area (TPSA) is 78.8 Å². The Kier molecular flexibility index (Phi) is 3.24. The molecular weight excluding hydrogens is 174 g/mol. The number of hydrogen-bond acceptors (Lipinski definition) is 4. The molecule has 0 aromatic carbocycles. The molecule has 1 fully saturated rings. The Labute approximate surface area is 76.7 Å². The first-order valence-electron chi connectivity index (χ1n) is 4.12. The molecule has 1 heterocycles. The van der Waals surface area contributed by atoms with E-state index in [0.717, 1.165) is 0 Å². The lowest BCUT2D eigenvalue weighted by molar-refractivity contribution is -0.134. The summed E-state index contributed by atoms with van der Waals surface area (Å²) in [6.45, 7) is 7.47. The highest BCUT2D eigenvalue weighted by molar-refractivity contribution is 5.81. The minimum atomic E-state index is -1.25. The second kappa shape index (κ2) is 4.04. The van der Waals surface area contributed by atoms with Crippen LogP contribution in [0.3, 0.4) is 0 Å². The van der Waals surface area contributed by atoms with Crippen LogP contribution in [0.1, 0.15) is 6.92 Å². The van der Waals surface area contributed by atoms with Crippen molar-refractivity contribution in [1.82, 2.24) is 5.32 Å². The fourth-order valence-electron chi connectivity index (χ4n) is 1.20. The number of hydrogen-bond donors (Lipinski definition) is 3. The average molecular weight is 187 g/mol. The average Bonchev–Trinajstić information content (AvgIpc) is 2.33. The minimum Gasteiger partial charge on any atom is -0.388 e. The molecule has 2 radical (unpaired) electrons. The molecule has 5 nitrogen and oxygen atoms in total. The van der Waals surface area contributed by atoms with Crippen molar-refractivity contribution in [3.05, 3.63) is 6.92 Å². The smallest absolute Gasteiger partial charge is 0.251 e. The number of aliphatic hydroxyl groups excluding tert-OH is 2. The van der Waals surface area contributed by atoms with Crippen LogP contribution >= 0.6 is 0 Å². The molecule has 1 aliphatic rings. The van der Waals surface area contributed by atoms with Gasteiger partial charge in [-0.2, -0.15) is 0 Å². The largest absolute Gasteiger partial charge is 0.388 e.